The maximum Gasteiger partial charge on any atom is 0.327 e. The van der Waals surface area contributed by atoms with Crippen LogP contribution in [-0.2, 0) is 11.2 Å². The lowest BCUT2D eigenvalue weighted by molar-refractivity contribution is -0.142. The minimum atomic E-state index is -0.935. The zero-order valence-corrected chi connectivity index (χ0v) is 15.9. The van der Waals surface area contributed by atoms with Crippen LogP contribution in [0.2, 0.25) is 0 Å². The molecule has 5 nitrogen and oxygen atoms in total. The van der Waals surface area contributed by atoms with Gasteiger partial charge in [0.1, 0.15) is 6.04 Å². The zero-order chi connectivity index (χ0) is 20.3. The molecule has 5 heteroatoms. The molecule has 0 radical (unpaired) electrons. The van der Waals surface area contributed by atoms with Crippen LogP contribution < -0.4 is 0 Å². The van der Waals surface area contributed by atoms with Crippen LogP contribution in [0.4, 0.5) is 0 Å². The number of carboxylic acids is 1. The molecule has 1 aliphatic heterocycles. The minimum Gasteiger partial charge on any atom is -0.480 e. The fourth-order valence-corrected chi connectivity index (χ4v) is 4.00. The summed E-state index contributed by atoms with van der Waals surface area (Å²) < 4.78 is 0. The third-order valence-corrected chi connectivity index (χ3v) is 5.36. The second kappa shape index (κ2) is 7.98. The van der Waals surface area contributed by atoms with Crippen LogP contribution in [-0.4, -0.2) is 29.1 Å². The number of carbonyl (C=O) groups is 1. The standard InChI is InChI=1S/C23H21N3O2/c1-3-20-19(14-25)21(22(23(27)28)26(20)2)16-10-8-15(9-11-16)12-17-6-4-5-7-18(17)13-24/h4-11,21-22H,3,12H2,1-2H3,(H,27,28). The van der Waals surface area contributed by atoms with Gasteiger partial charge in [0.2, 0.25) is 0 Å². The quantitative estimate of drug-likeness (QED) is 0.863. The lowest BCUT2D eigenvalue weighted by atomic mass is 9.86. The molecule has 2 aromatic carbocycles. The molecule has 1 heterocycles. The Morgan fingerprint density at radius 3 is 2.36 bits per heavy atom. The molecule has 1 N–H and O–H groups in total. The third-order valence-electron chi connectivity index (χ3n) is 5.36. The molecule has 2 atom stereocenters. The van der Waals surface area contributed by atoms with Crippen molar-refractivity contribution in [1.29, 1.82) is 10.5 Å². The van der Waals surface area contributed by atoms with Crippen LogP contribution in [0.5, 0.6) is 0 Å². The average Bonchev–Trinajstić information content (AvgIpc) is 3.00. The molecule has 0 amide bonds. The van der Waals surface area contributed by atoms with Gasteiger partial charge in [-0.25, -0.2) is 4.79 Å². The Morgan fingerprint density at radius 2 is 1.79 bits per heavy atom. The second-order valence-electron chi connectivity index (χ2n) is 6.88. The first kappa shape index (κ1) is 19.2. The van der Waals surface area contributed by atoms with E-state index in [1.165, 1.54) is 0 Å². The van der Waals surface area contributed by atoms with Crippen LogP contribution in [0.25, 0.3) is 0 Å². The Labute approximate surface area is 164 Å². The third kappa shape index (κ3) is 3.35. The highest BCUT2D eigenvalue weighted by atomic mass is 16.4. The first-order chi connectivity index (χ1) is 13.5. The summed E-state index contributed by atoms with van der Waals surface area (Å²) in [6.45, 7) is 1.93. The van der Waals surface area contributed by atoms with Gasteiger partial charge in [-0.15, -0.1) is 0 Å². The Hall–Kier alpha value is -3.57. The Bertz CT molecular complexity index is 1010. The van der Waals surface area contributed by atoms with Gasteiger partial charge in [0.25, 0.3) is 0 Å². The summed E-state index contributed by atoms with van der Waals surface area (Å²) in [7, 11) is 1.74. The molecule has 2 aromatic rings. The largest absolute Gasteiger partial charge is 0.480 e. The molecule has 140 valence electrons. The van der Waals surface area contributed by atoms with Crippen molar-refractivity contribution in [3.05, 3.63) is 82.1 Å². The number of aliphatic carboxylic acids is 1. The second-order valence-corrected chi connectivity index (χ2v) is 6.88. The summed E-state index contributed by atoms with van der Waals surface area (Å²) in [5.41, 5.74) is 4.76. The monoisotopic (exact) mass is 371 g/mol. The van der Waals surface area contributed by atoms with Crippen molar-refractivity contribution in [3.63, 3.8) is 0 Å². The SMILES string of the molecule is CCC1=C(C#N)C(c2ccc(Cc3ccccc3C#N)cc2)C(C(=O)O)N1C. The van der Waals surface area contributed by atoms with Gasteiger partial charge in [-0.2, -0.15) is 10.5 Å². The van der Waals surface area contributed by atoms with E-state index in [-0.39, 0.29) is 0 Å². The van der Waals surface area contributed by atoms with Crippen molar-refractivity contribution in [2.75, 3.05) is 7.05 Å². The number of hydrogen-bond donors (Lipinski definition) is 1. The Kier molecular flexibility index (Phi) is 5.47. The van der Waals surface area contributed by atoms with Gasteiger partial charge in [0, 0.05) is 12.7 Å². The number of carboxylic acid groups (broad SMARTS) is 1. The fraction of sp³-hybridized carbons (Fsp3) is 0.261. The number of rotatable bonds is 5. The van der Waals surface area contributed by atoms with Gasteiger partial charge in [0.05, 0.1) is 29.2 Å². The summed E-state index contributed by atoms with van der Waals surface area (Å²) in [4.78, 5) is 13.6. The van der Waals surface area contributed by atoms with Crippen LogP contribution >= 0.6 is 0 Å². The van der Waals surface area contributed by atoms with Gasteiger partial charge < -0.3 is 10.0 Å². The number of hydrogen-bond acceptors (Lipinski definition) is 4. The van der Waals surface area contributed by atoms with Crippen LogP contribution in [0.1, 0.15) is 41.5 Å². The minimum absolute atomic E-state index is 0.483. The van der Waals surface area contributed by atoms with Crippen molar-refractivity contribution < 1.29 is 9.90 Å². The van der Waals surface area contributed by atoms with Gasteiger partial charge in [-0.1, -0.05) is 49.4 Å². The van der Waals surface area contributed by atoms with E-state index < -0.39 is 17.9 Å². The number of benzene rings is 2. The molecular formula is C23H21N3O2. The molecule has 0 fully saturated rings. The van der Waals surface area contributed by atoms with Gasteiger partial charge in [-0.05, 0) is 35.6 Å². The van der Waals surface area contributed by atoms with Crippen molar-refractivity contribution in [2.45, 2.75) is 31.7 Å². The lowest BCUT2D eigenvalue weighted by Crippen LogP contribution is -2.37. The Balaban J connectivity index is 1.94. The van der Waals surface area contributed by atoms with Gasteiger partial charge in [0.15, 0.2) is 0 Å². The van der Waals surface area contributed by atoms with E-state index in [1.54, 1.807) is 18.0 Å². The molecule has 0 spiro atoms. The first-order valence-corrected chi connectivity index (χ1v) is 9.17. The lowest BCUT2D eigenvalue weighted by Gasteiger charge is -2.25. The predicted molar refractivity (Wildman–Crippen MR) is 105 cm³/mol. The normalized spacial score (nSPS) is 18.6. The van der Waals surface area contributed by atoms with Gasteiger partial charge in [-0.3, -0.25) is 0 Å². The summed E-state index contributed by atoms with van der Waals surface area (Å²) in [5.74, 6) is -1.42. The molecule has 3 rings (SSSR count). The molecule has 0 saturated heterocycles. The van der Waals surface area contributed by atoms with E-state index in [1.807, 2.05) is 49.4 Å². The first-order valence-electron chi connectivity index (χ1n) is 9.17. The van der Waals surface area contributed by atoms with E-state index >= 15 is 0 Å². The molecule has 0 bridgehead atoms. The van der Waals surface area contributed by atoms with E-state index in [9.17, 15) is 20.4 Å². The molecule has 28 heavy (non-hydrogen) atoms. The van der Waals surface area contributed by atoms with Crippen molar-refractivity contribution in [3.8, 4) is 12.1 Å². The summed E-state index contributed by atoms with van der Waals surface area (Å²) >= 11 is 0. The van der Waals surface area contributed by atoms with E-state index in [0.717, 1.165) is 22.4 Å². The number of allylic oxidation sites excluding steroid dienone is 1. The summed E-state index contributed by atoms with van der Waals surface area (Å²) in [6, 6.07) is 18.8. The molecule has 1 aliphatic rings. The highest BCUT2D eigenvalue weighted by Gasteiger charge is 2.43. The number of nitrogens with zero attached hydrogens (tertiary/aromatic N) is 3. The van der Waals surface area contributed by atoms with Crippen LogP contribution in [0.3, 0.4) is 0 Å². The van der Waals surface area contributed by atoms with E-state index in [4.69, 9.17) is 0 Å². The summed E-state index contributed by atoms with van der Waals surface area (Å²) in [5, 5.41) is 28.7. The molecule has 0 aromatic heterocycles. The van der Waals surface area contributed by atoms with Gasteiger partial charge >= 0.3 is 5.97 Å². The molecule has 2 unspecified atom stereocenters. The fourth-order valence-electron chi connectivity index (χ4n) is 4.00. The zero-order valence-electron chi connectivity index (χ0n) is 15.9. The topological polar surface area (TPSA) is 88.1 Å². The van der Waals surface area contributed by atoms with Crippen molar-refractivity contribution in [2.24, 2.45) is 0 Å². The highest BCUT2D eigenvalue weighted by molar-refractivity contribution is 5.78. The average molecular weight is 371 g/mol. The van der Waals surface area contributed by atoms with E-state index in [0.29, 0.717) is 24.0 Å². The highest BCUT2D eigenvalue weighted by Crippen LogP contribution is 2.41. The van der Waals surface area contributed by atoms with Crippen molar-refractivity contribution in [1.82, 2.24) is 4.90 Å². The van der Waals surface area contributed by atoms with Crippen LogP contribution in [0, 0.1) is 22.7 Å². The smallest absolute Gasteiger partial charge is 0.327 e. The maximum atomic E-state index is 11.9. The number of likely N-dealkylation sites (N-methyl/N-ethyl adjacent to an activating group) is 1. The Morgan fingerprint density at radius 1 is 1.11 bits per heavy atom. The van der Waals surface area contributed by atoms with E-state index in [2.05, 4.69) is 12.1 Å². The molecular weight excluding hydrogens is 350 g/mol. The predicted octanol–water partition coefficient (Wildman–Crippen LogP) is 3.82. The molecule has 0 aliphatic carbocycles. The van der Waals surface area contributed by atoms with Crippen LogP contribution in [0.15, 0.2) is 59.8 Å². The number of nitriles is 2. The summed E-state index contributed by atoms with van der Waals surface area (Å²) in [6.07, 6.45) is 1.24. The molecule has 0 saturated carbocycles. The van der Waals surface area contributed by atoms with Crippen molar-refractivity contribution >= 4 is 5.97 Å². The maximum absolute atomic E-state index is 11.9.